The van der Waals surface area contributed by atoms with Gasteiger partial charge in [-0.15, -0.1) is 0 Å². The molecule has 0 atom stereocenters. The van der Waals surface area contributed by atoms with E-state index >= 15 is 0 Å². The summed E-state index contributed by atoms with van der Waals surface area (Å²) in [6, 6.07) is 27.3. The number of rotatable bonds is 8. The first-order valence-corrected chi connectivity index (χ1v) is 13.0. The molecule has 5 rings (SSSR count). The summed E-state index contributed by atoms with van der Waals surface area (Å²) in [4.78, 5) is 39.6. The zero-order valence-corrected chi connectivity index (χ0v) is 22.5. The number of nitrogens with one attached hydrogen (secondary N) is 1. The molecule has 4 aromatic carbocycles. The minimum atomic E-state index is -0.845. The molecule has 40 heavy (non-hydrogen) atoms. The Morgan fingerprint density at radius 1 is 0.775 bits per heavy atom. The number of benzene rings is 4. The van der Waals surface area contributed by atoms with Crippen LogP contribution in [0, 0.1) is 0 Å². The molecular formula is C31H22Cl2N2O5. The minimum absolute atomic E-state index is 0.200. The first-order chi connectivity index (χ1) is 19.4. The minimum Gasteiger partial charge on any atom is -0.489 e. The molecule has 1 saturated heterocycles. The Kier molecular flexibility index (Phi) is 8.15. The van der Waals surface area contributed by atoms with E-state index in [1.807, 2.05) is 30.3 Å². The highest BCUT2D eigenvalue weighted by Crippen LogP contribution is 2.28. The van der Waals surface area contributed by atoms with Crippen molar-refractivity contribution in [2.45, 2.75) is 13.2 Å². The topological polar surface area (TPSA) is 84.9 Å². The van der Waals surface area contributed by atoms with E-state index in [-0.39, 0.29) is 17.9 Å². The van der Waals surface area contributed by atoms with Crippen LogP contribution in [0.25, 0.3) is 6.08 Å². The number of ether oxygens (including phenoxy) is 2. The summed E-state index contributed by atoms with van der Waals surface area (Å²) >= 11 is 12.1. The van der Waals surface area contributed by atoms with Crippen LogP contribution in [0.3, 0.4) is 0 Å². The van der Waals surface area contributed by atoms with E-state index < -0.39 is 17.8 Å². The predicted molar refractivity (Wildman–Crippen MR) is 153 cm³/mol. The third kappa shape index (κ3) is 6.17. The van der Waals surface area contributed by atoms with Crippen molar-refractivity contribution < 1.29 is 23.9 Å². The average Bonchev–Trinajstić information content (AvgIpc) is 2.95. The fraction of sp³-hybridized carbons (Fsp3) is 0.0645. The van der Waals surface area contributed by atoms with Gasteiger partial charge in [0.05, 0.1) is 5.69 Å². The van der Waals surface area contributed by atoms with E-state index in [0.717, 1.165) is 16.0 Å². The lowest BCUT2D eigenvalue weighted by atomic mass is 10.1. The Morgan fingerprint density at radius 3 is 2.25 bits per heavy atom. The summed E-state index contributed by atoms with van der Waals surface area (Å²) in [6.45, 7) is 0.510. The monoisotopic (exact) mass is 572 g/mol. The Labute approximate surface area is 240 Å². The number of para-hydroxylation sites is 1. The van der Waals surface area contributed by atoms with Gasteiger partial charge in [0.1, 0.15) is 30.3 Å². The van der Waals surface area contributed by atoms with Crippen molar-refractivity contribution in [2.24, 2.45) is 0 Å². The van der Waals surface area contributed by atoms with Gasteiger partial charge < -0.3 is 9.47 Å². The molecule has 0 aromatic heterocycles. The van der Waals surface area contributed by atoms with Gasteiger partial charge in [0.15, 0.2) is 0 Å². The van der Waals surface area contributed by atoms with Crippen molar-refractivity contribution in [3.05, 3.63) is 129 Å². The van der Waals surface area contributed by atoms with Crippen molar-refractivity contribution in [3.8, 4) is 11.5 Å². The Morgan fingerprint density at radius 2 is 1.50 bits per heavy atom. The van der Waals surface area contributed by atoms with E-state index in [2.05, 4.69) is 5.32 Å². The van der Waals surface area contributed by atoms with Gasteiger partial charge >= 0.3 is 6.03 Å². The molecule has 1 N–H and O–H groups in total. The Balaban J connectivity index is 1.33. The zero-order chi connectivity index (χ0) is 28.1. The van der Waals surface area contributed by atoms with E-state index in [1.54, 1.807) is 66.7 Å². The van der Waals surface area contributed by atoms with Crippen LogP contribution in [0.5, 0.6) is 11.5 Å². The molecule has 9 heteroatoms. The largest absolute Gasteiger partial charge is 0.489 e. The molecule has 7 nitrogen and oxygen atoms in total. The van der Waals surface area contributed by atoms with E-state index in [0.29, 0.717) is 33.7 Å². The molecule has 0 unspecified atom stereocenters. The van der Waals surface area contributed by atoms with Gasteiger partial charge in [-0.1, -0.05) is 77.8 Å². The normalized spacial score (nSPS) is 14.3. The third-order valence-corrected chi connectivity index (χ3v) is 6.65. The standard InChI is InChI=1S/C31H22Cl2N2O5/c32-23-11-10-22(27(33)17-23)19-39-25-14-12-24(13-15-25)35-30(37)26(29(36)34-31(35)38)16-21-8-4-5-9-28(21)40-18-20-6-2-1-3-7-20/h1-17H,18-19H2,(H,34,36,38)/b26-16+. The number of carbonyl (C=O) groups is 3. The van der Waals surface area contributed by atoms with E-state index in [4.69, 9.17) is 32.7 Å². The van der Waals surface area contributed by atoms with Gasteiger partial charge in [-0.3, -0.25) is 14.9 Å². The summed E-state index contributed by atoms with van der Waals surface area (Å²) in [7, 11) is 0. The second-order valence-corrected chi connectivity index (χ2v) is 9.63. The van der Waals surface area contributed by atoms with E-state index in [1.165, 1.54) is 6.08 Å². The lowest BCUT2D eigenvalue weighted by molar-refractivity contribution is -0.122. The first-order valence-electron chi connectivity index (χ1n) is 12.2. The molecule has 0 bridgehead atoms. The molecule has 1 aliphatic rings. The number of urea groups is 1. The molecule has 200 valence electrons. The number of hydrogen-bond acceptors (Lipinski definition) is 5. The van der Waals surface area contributed by atoms with Crippen LogP contribution in [0.15, 0.2) is 103 Å². The number of carbonyl (C=O) groups excluding carboxylic acids is 3. The van der Waals surface area contributed by atoms with Crippen LogP contribution in [0.4, 0.5) is 10.5 Å². The van der Waals surface area contributed by atoms with Gasteiger partial charge in [0.25, 0.3) is 11.8 Å². The SMILES string of the molecule is O=C1NC(=O)N(c2ccc(OCc3ccc(Cl)cc3Cl)cc2)C(=O)/C1=C/c1ccccc1OCc1ccccc1. The molecule has 0 saturated carbocycles. The van der Waals surface area contributed by atoms with Gasteiger partial charge in [0, 0.05) is 21.2 Å². The quantitative estimate of drug-likeness (QED) is 0.185. The van der Waals surface area contributed by atoms with Crippen molar-refractivity contribution in [2.75, 3.05) is 4.90 Å². The number of amides is 4. The molecule has 0 radical (unpaired) electrons. The Bertz CT molecular complexity index is 1600. The van der Waals surface area contributed by atoms with Crippen molar-refractivity contribution in [1.82, 2.24) is 5.32 Å². The summed E-state index contributed by atoms with van der Waals surface area (Å²) < 4.78 is 11.7. The van der Waals surface area contributed by atoms with Crippen molar-refractivity contribution in [1.29, 1.82) is 0 Å². The molecule has 1 heterocycles. The van der Waals surface area contributed by atoms with Gasteiger partial charge in [0.2, 0.25) is 0 Å². The maximum Gasteiger partial charge on any atom is 0.335 e. The molecular weight excluding hydrogens is 551 g/mol. The molecule has 1 aliphatic heterocycles. The fourth-order valence-corrected chi connectivity index (χ4v) is 4.47. The summed E-state index contributed by atoms with van der Waals surface area (Å²) in [5.74, 6) is -0.557. The van der Waals surface area contributed by atoms with Crippen LogP contribution in [-0.4, -0.2) is 17.8 Å². The molecule has 4 aromatic rings. The lowest BCUT2D eigenvalue weighted by Gasteiger charge is -2.26. The molecule has 4 amide bonds. The summed E-state index contributed by atoms with van der Waals surface area (Å²) in [5.41, 5.74) is 2.31. The van der Waals surface area contributed by atoms with Crippen LogP contribution in [0.2, 0.25) is 10.0 Å². The smallest absolute Gasteiger partial charge is 0.335 e. The number of nitrogens with zero attached hydrogens (tertiary/aromatic N) is 1. The average molecular weight is 573 g/mol. The van der Waals surface area contributed by atoms with Gasteiger partial charge in [-0.05, 0) is 54.1 Å². The fourth-order valence-electron chi connectivity index (χ4n) is 4.01. The summed E-state index contributed by atoms with van der Waals surface area (Å²) in [5, 5.41) is 3.25. The second-order valence-electron chi connectivity index (χ2n) is 8.79. The van der Waals surface area contributed by atoms with Crippen LogP contribution >= 0.6 is 23.2 Å². The first kappa shape index (κ1) is 27.0. The zero-order valence-electron chi connectivity index (χ0n) is 21.0. The van der Waals surface area contributed by atoms with Crippen molar-refractivity contribution in [3.63, 3.8) is 0 Å². The lowest BCUT2D eigenvalue weighted by Crippen LogP contribution is -2.54. The van der Waals surface area contributed by atoms with Gasteiger partial charge in [-0.25, -0.2) is 9.69 Å². The highest BCUT2D eigenvalue weighted by Gasteiger charge is 2.37. The predicted octanol–water partition coefficient (Wildman–Crippen LogP) is 6.82. The number of hydrogen-bond donors (Lipinski definition) is 1. The second kappa shape index (κ2) is 12.1. The third-order valence-electron chi connectivity index (χ3n) is 6.06. The molecule has 0 aliphatic carbocycles. The van der Waals surface area contributed by atoms with Crippen LogP contribution in [-0.2, 0) is 22.8 Å². The van der Waals surface area contributed by atoms with Crippen LogP contribution < -0.4 is 19.7 Å². The highest BCUT2D eigenvalue weighted by molar-refractivity contribution is 6.39. The van der Waals surface area contributed by atoms with E-state index in [9.17, 15) is 14.4 Å². The maximum absolute atomic E-state index is 13.4. The van der Waals surface area contributed by atoms with Crippen molar-refractivity contribution >= 4 is 52.8 Å². The number of imide groups is 2. The van der Waals surface area contributed by atoms with Gasteiger partial charge in [-0.2, -0.15) is 0 Å². The maximum atomic E-state index is 13.4. The molecule has 1 fully saturated rings. The Hall–Kier alpha value is -4.59. The molecule has 0 spiro atoms. The summed E-state index contributed by atoms with van der Waals surface area (Å²) in [6.07, 6.45) is 1.42. The number of anilines is 1. The number of halogens is 2. The highest BCUT2D eigenvalue weighted by atomic mass is 35.5. The van der Waals surface area contributed by atoms with Crippen LogP contribution in [0.1, 0.15) is 16.7 Å². The number of barbiturate groups is 1.